The Hall–Kier alpha value is -1.06. The maximum Gasteiger partial charge on any atom is 0.328 e. The van der Waals surface area contributed by atoms with Crippen molar-refractivity contribution in [3.63, 3.8) is 0 Å². The van der Waals surface area contributed by atoms with E-state index >= 15 is 0 Å². The first kappa shape index (κ1) is 13.0. The van der Waals surface area contributed by atoms with Crippen molar-refractivity contribution in [3.05, 3.63) is 34.9 Å². The molecule has 0 bridgehead atoms. The molecule has 0 fully saturated rings. The summed E-state index contributed by atoms with van der Waals surface area (Å²) in [5.74, 6) is -0.997. The summed E-state index contributed by atoms with van der Waals surface area (Å²) in [5, 5.41) is 9.80. The smallest absolute Gasteiger partial charge is 0.328 e. The molecule has 1 aromatic carbocycles. The van der Waals surface area contributed by atoms with Crippen LogP contribution in [0, 0.1) is 0 Å². The fraction of sp³-hybridized carbons (Fsp3) is 0.417. The zero-order valence-electron chi connectivity index (χ0n) is 9.24. The average molecular weight is 242 g/mol. The lowest BCUT2D eigenvalue weighted by Gasteiger charge is -2.25. The summed E-state index contributed by atoms with van der Waals surface area (Å²) < 4.78 is 0. The van der Waals surface area contributed by atoms with Gasteiger partial charge in [-0.25, -0.2) is 4.79 Å². The lowest BCUT2D eigenvalue weighted by molar-refractivity contribution is -0.144. The van der Waals surface area contributed by atoms with E-state index in [9.17, 15) is 9.90 Å². The molecular weight excluding hydrogens is 226 g/mol. The fourth-order valence-corrected chi connectivity index (χ4v) is 1.70. The highest BCUT2D eigenvalue weighted by molar-refractivity contribution is 6.30. The van der Waals surface area contributed by atoms with Gasteiger partial charge in [-0.1, -0.05) is 43.5 Å². The van der Waals surface area contributed by atoms with Crippen LogP contribution in [-0.2, 0) is 10.3 Å². The van der Waals surface area contributed by atoms with E-state index in [1.807, 2.05) is 6.92 Å². The maximum absolute atomic E-state index is 11.3. The van der Waals surface area contributed by atoms with E-state index in [0.717, 1.165) is 12.8 Å². The Morgan fingerprint density at radius 1 is 1.44 bits per heavy atom. The molecule has 0 saturated heterocycles. The number of aliphatic carboxylic acids is 1. The Balaban J connectivity index is 3.01. The molecule has 1 aromatic rings. The molecule has 0 amide bonds. The fourth-order valence-electron chi connectivity index (χ4n) is 1.58. The number of carbonyl (C=O) groups is 1. The number of rotatable bonds is 5. The van der Waals surface area contributed by atoms with Crippen molar-refractivity contribution in [2.45, 2.75) is 31.7 Å². The highest BCUT2D eigenvalue weighted by atomic mass is 35.5. The molecule has 0 aliphatic carbocycles. The molecule has 88 valence electrons. The molecule has 0 spiro atoms. The first-order chi connectivity index (χ1) is 7.50. The second-order valence-corrected chi connectivity index (χ2v) is 4.32. The van der Waals surface area contributed by atoms with Gasteiger partial charge in [0, 0.05) is 5.02 Å². The first-order valence-electron chi connectivity index (χ1n) is 5.29. The van der Waals surface area contributed by atoms with Gasteiger partial charge in [0.2, 0.25) is 0 Å². The van der Waals surface area contributed by atoms with E-state index in [-0.39, 0.29) is 0 Å². The lowest BCUT2D eigenvalue weighted by atomic mass is 9.86. The quantitative estimate of drug-likeness (QED) is 0.833. The summed E-state index contributed by atoms with van der Waals surface area (Å²) in [6, 6.07) is 6.67. The minimum absolute atomic E-state index is 0.431. The van der Waals surface area contributed by atoms with E-state index < -0.39 is 11.5 Å². The van der Waals surface area contributed by atoms with Crippen LogP contribution in [0.25, 0.3) is 0 Å². The second-order valence-electron chi connectivity index (χ2n) is 3.89. The van der Waals surface area contributed by atoms with Crippen molar-refractivity contribution in [2.75, 3.05) is 0 Å². The van der Waals surface area contributed by atoms with Crippen molar-refractivity contribution < 1.29 is 9.90 Å². The number of benzene rings is 1. The van der Waals surface area contributed by atoms with E-state index in [0.29, 0.717) is 17.0 Å². The molecule has 0 unspecified atom stereocenters. The minimum atomic E-state index is -1.30. The molecule has 0 saturated carbocycles. The van der Waals surface area contributed by atoms with Crippen LogP contribution in [0.2, 0.25) is 5.02 Å². The van der Waals surface area contributed by atoms with Crippen LogP contribution in [-0.4, -0.2) is 11.1 Å². The van der Waals surface area contributed by atoms with Crippen LogP contribution < -0.4 is 5.73 Å². The second kappa shape index (κ2) is 5.32. The highest BCUT2D eigenvalue weighted by Gasteiger charge is 2.35. The molecule has 4 heteroatoms. The number of carboxylic acids is 1. The average Bonchev–Trinajstić information content (AvgIpc) is 2.26. The van der Waals surface area contributed by atoms with Gasteiger partial charge in [0.1, 0.15) is 5.54 Å². The van der Waals surface area contributed by atoms with E-state index in [1.54, 1.807) is 24.3 Å². The Labute approximate surface area is 100 Å². The molecule has 16 heavy (non-hydrogen) atoms. The summed E-state index contributed by atoms with van der Waals surface area (Å²) in [5.41, 5.74) is 5.25. The van der Waals surface area contributed by atoms with Gasteiger partial charge in [0.25, 0.3) is 0 Å². The Morgan fingerprint density at radius 2 is 2.00 bits per heavy atom. The molecule has 3 nitrogen and oxygen atoms in total. The van der Waals surface area contributed by atoms with Crippen molar-refractivity contribution >= 4 is 17.6 Å². The van der Waals surface area contributed by atoms with Crippen LogP contribution in [0.15, 0.2) is 24.3 Å². The molecule has 0 aliphatic heterocycles. The lowest BCUT2D eigenvalue weighted by Crippen LogP contribution is -2.44. The maximum atomic E-state index is 11.3. The SMILES string of the molecule is CCCC[C@](N)(C(=O)O)c1ccc(Cl)cc1. The van der Waals surface area contributed by atoms with Crippen LogP contribution >= 0.6 is 11.6 Å². The van der Waals surface area contributed by atoms with Gasteiger partial charge in [-0.3, -0.25) is 0 Å². The molecule has 1 atom stereocenters. The number of hydrogen-bond donors (Lipinski definition) is 2. The Kier molecular flexibility index (Phi) is 4.33. The van der Waals surface area contributed by atoms with Gasteiger partial charge < -0.3 is 10.8 Å². The number of carboxylic acid groups (broad SMARTS) is 1. The Morgan fingerprint density at radius 3 is 2.44 bits per heavy atom. The standard InChI is InChI=1S/C12H16ClNO2/c1-2-3-8-12(14,11(15)16)9-4-6-10(13)7-5-9/h4-7H,2-3,8,14H2,1H3,(H,15,16)/t12-/m1/s1. The number of halogens is 1. The summed E-state index contributed by atoms with van der Waals surface area (Å²) in [4.78, 5) is 11.3. The first-order valence-corrected chi connectivity index (χ1v) is 5.67. The van der Waals surface area contributed by atoms with E-state index in [1.165, 1.54) is 0 Å². The summed E-state index contributed by atoms with van der Waals surface area (Å²) in [7, 11) is 0. The van der Waals surface area contributed by atoms with Crippen molar-refractivity contribution in [1.29, 1.82) is 0 Å². The third-order valence-electron chi connectivity index (χ3n) is 2.67. The van der Waals surface area contributed by atoms with Gasteiger partial charge in [-0.15, -0.1) is 0 Å². The summed E-state index contributed by atoms with van der Waals surface area (Å²) in [6.07, 6.45) is 2.13. The normalized spacial score (nSPS) is 14.4. The van der Waals surface area contributed by atoms with Gasteiger partial charge in [-0.05, 0) is 24.1 Å². The van der Waals surface area contributed by atoms with Crippen LogP contribution in [0.5, 0.6) is 0 Å². The number of hydrogen-bond acceptors (Lipinski definition) is 2. The van der Waals surface area contributed by atoms with Gasteiger partial charge in [0.05, 0.1) is 0 Å². The third kappa shape index (κ3) is 2.74. The predicted molar refractivity (Wildman–Crippen MR) is 64.5 cm³/mol. The van der Waals surface area contributed by atoms with Crippen molar-refractivity contribution in [1.82, 2.24) is 0 Å². The highest BCUT2D eigenvalue weighted by Crippen LogP contribution is 2.26. The predicted octanol–water partition coefficient (Wildman–Crippen LogP) is 2.77. The molecule has 0 aromatic heterocycles. The van der Waals surface area contributed by atoms with Gasteiger partial charge in [-0.2, -0.15) is 0 Å². The largest absolute Gasteiger partial charge is 0.480 e. The van der Waals surface area contributed by atoms with Crippen molar-refractivity contribution in [3.8, 4) is 0 Å². The molecule has 3 N–H and O–H groups in total. The van der Waals surface area contributed by atoms with Crippen LogP contribution in [0.1, 0.15) is 31.7 Å². The molecule has 0 heterocycles. The van der Waals surface area contributed by atoms with E-state index in [4.69, 9.17) is 17.3 Å². The molecular formula is C12H16ClNO2. The van der Waals surface area contributed by atoms with E-state index in [2.05, 4.69) is 0 Å². The van der Waals surface area contributed by atoms with Crippen molar-refractivity contribution in [2.24, 2.45) is 5.73 Å². The summed E-state index contributed by atoms with van der Waals surface area (Å²) >= 11 is 5.76. The zero-order chi connectivity index (χ0) is 12.2. The van der Waals surface area contributed by atoms with Gasteiger partial charge in [0.15, 0.2) is 0 Å². The summed E-state index contributed by atoms with van der Waals surface area (Å²) in [6.45, 7) is 2.00. The van der Waals surface area contributed by atoms with Crippen LogP contribution in [0.4, 0.5) is 0 Å². The molecule has 0 radical (unpaired) electrons. The minimum Gasteiger partial charge on any atom is -0.480 e. The topological polar surface area (TPSA) is 63.3 Å². The number of nitrogens with two attached hydrogens (primary N) is 1. The number of unbranched alkanes of at least 4 members (excludes halogenated alkanes) is 1. The Bertz CT molecular complexity index is 364. The van der Waals surface area contributed by atoms with Crippen LogP contribution in [0.3, 0.4) is 0 Å². The third-order valence-corrected chi connectivity index (χ3v) is 2.92. The molecule has 1 rings (SSSR count). The zero-order valence-corrected chi connectivity index (χ0v) is 10.00. The monoisotopic (exact) mass is 241 g/mol. The van der Waals surface area contributed by atoms with Gasteiger partial charge >= 0.3 is 5.97 Å². The molecule has 0 aliphatic rings.